The van der Waals surface area contributed by atoms with Crippen molar-refractivity contribution >= 4 is 11.8 Å². The maximum Gasteiger partial charge on any atom is 0.328 e. The van der Waals surface area contributed by atoms with Crippen LogP contribution in [-0.4, -0.2) is 16.9 Å². The Morgan fingerprint density at radius 2 is 1.96 bits per heavy atom. The van der Waals surface area contributed by atoms with Gasteiger partial charge in [0.05, 0.1) is 0 Å². The number of aliphatic carboxylic acids is 1. The summed E-state index contributed by atoms with van der Waals surface area (Å²) in [7, 11) is 0. The summed E-state index contributed by atoms with van der Waals surface area (Å²) >= 11 is 0. The van der Waals surface area contributed by atoms with Gasteiger partial charge in [-0.3, -0.25) is 4.79 Å². The Bertz CT molecular complexity index is 730. The summed E-state index contributed by atoms with van der Waals surface area (Å²) in [6.07, 6.45) is 10.7. The Morgan fingerprint density at radius 1 is 1.26 bits per heavy atom. The van der Waals surface area contributed by atoms with Crippen LogP contribution in [0.25, 0.3) is 0 Å². The Hall–Kier alpha value is -2.16. The summed E-state index contributed by atoms with van der Waals surface area (Å²) in [5.74, 6) is -1.30. The first-order valence-corrected chi connectivity index (χ1v) is 7.57. The monoisotopic (exact) mass is 317 g/mol. The average molecular weight is 317 g/mol. The molecule has 0 bridgehead atoms. The Kier molecular flexibility index (Phi) is 4.96. The average Bonchev–Trinajstić information content (AvgIpc) is 2.46. The summed E-state index contributed by atoms with van der Waals surface area (Å²) in [5.41, 5.74) is 1.58. The molecule has 3 nitrogen and oxygen atoms in total. The van der Waals surface area contributed by atoms with Crippen molar-refractivity contribution in [2.24, 2.45) is 5.41 Å². The Morgan fingerprint density at radius 3 is 2.57 bits per heavy atom. The van der Waals surface area contributed by atoms with Crippen molar-refractivity contribution < 1.29 is 18.8 Å². The molecule has 3 heteroatoms. The van der Waals surface area contributed by atoms with Crippen molar-refractivity contribution in [1.82, 2.24) is 0 Å². The molecule has 1 N–H and O–H groups in total. The van der Waals surface area contributed by atoms with Gasteiger partial charge in [0.15, 0.2) is 5.78 Å². The molecule has 0 aromatic carbocycles. The van der Waals surface area contributed by atoms with E-state index in [-0.39, 0.29) is 23.2 Å². The zero-order valence-electron chi connectivity index (χ0n) is 17.1. The van der Waals surface area contributed by atoms with Crippen LogP contribution in [0.1, 0.15) is 51.5 Å². The highest BCUT2D eigenvalue weighted by Crippen LogP contribution is 2.39. The molecule has 0 unspecified atom stereocenters. The molecule has 1 rings (SSSR count). The van der Waals surface area contributed by atoms with Gasteiger partial charge in [0.1, 0.15) is 0 Å². The van der Waals surface area contributed by atoms with Gasteiger partial charge in [0.2, 0.25) is 0 Å². The van der Waals surface area contributed by atoms with E-state index in [9.17, 15) is 9.59 Å². The quantitative estimate of drug-likeness (QED) is 0.586. The fourth-order valence-electron chi connectivity index (χ4n) is 2.35. The molecule has 0 amide bonds. The van der Waals surface area contributed by atoms with Gasteiger partial charge in [-0.25, -0.2) is 4.79 Å². The van der Waals surface area contributed by atoms with Crippen LogP contribution in [-0.2, 0) is 9.59 Å². The van der Waals surface area contributed by atoms with E-state index in [1.165, 1.54) is 0 Å². The van der Waals surface area contributed by atoms with Crippen molar-refractivity contribution in [2.45, 2.75) is 47.4 Å². The number of hydrogen-bond acceptors (Lipinski definition) is 2. The van der Waals surface area contributed by atoms with Gasteiger partial charge in [-0.1, -0.05) is 49.8 Å². The second-order valence-corrected chi connectivity index (χ2v) is 6.43. The van der Waals surface area contributed by atoms with Crippen molar-refractivity contribution in [3.63, 3.8) is 0 Å². The number of carboxylic acid groups (broad SMARTS) is 1. The normalized spacial score (nSPS) is 22.4. The van der Waals surface area contributed by atoms with E-state index in [0.717, 1.165) is 11.6 Å². The molecule has 23 heavy (non-hydrogen) atoms. The number of rotatable bonds is 5. The van der Waals surface area contributed by atoms with Gasteiger partial charge in [0, 0.05) is 16.6 Å². The van der Waals surface area contributed by atoms with Crippen molar-refractivity contribution in [3.8, 4) is 0 Å². The second-order valence-electron chi connectivity index (χ2n) is 6.43. The molecule has 0 spiro atoms. The topological polar surface area (TPSA) is 54.4 Å². The lowest BCUT2D eigenvalue weighted by Crippen LogP contribution is -2.24. The van der Waals surface area contributed by atoms with Gasteiger partial charge in [-0.05, 0) is 49.3 Å². The maximum atomic E-state index is 12.2. The number of allylic oxidation sites excluding steroid dienone is 9. The van der Waals surface area contributed by atoms with E-state index in [1.807, 2.05) is 20.8 Å². The van der Waals surface area contributed by atoms with E-state index >= 15 is 0 Å². The molecular formula is C20H26O3. The van der Waals surface area contributed by atoms with Crippen LogP contribution in [0.2, 0.25) is 0 Å². The molecule has 0 aromatic heterocycles. The largest absolute Gasteiger partial charge is 0.478 e. The molecule has 0 heterocycles. The third-order valence-electron chi connectivity index (χ3n) is 3.84. The first-order valence-electron chi connectivity index (χ1n) is 9.07. The third-order valence-corrected chi connectivity index (χ3v) is 3.84. The highest BCUT2D eigenvalue weighted by atomic mass is 16.4. The second kappa shape index (κ2) is 7.91. The number of carbonyl (C=O) groups excluding carboxylic acids is 1. The predicted octanol–water partition coefficient (Wildman–Crippen LogP) is 4.78. The number of carbonyl (C=O) groups is 2. The molecule has 0 fully saturated rings. The van der Waals surface area contributed by atoms with Gasteiger partial charge in [0.25, 0.3) is 0 Å². The lowest BCUT2D eigenvalue weighted by molar-refractivity contribution is -0.131. The zero-order chi connectivity index (χ0) is 20.1. The van der Waals surface area contributed by atoms with Gasteiger partial charge in [-0.2, -0.15) is 0 Å². The van der Waals surface area contributed by atoms with Crippen LogP contribution < -0.4 is 0 Å². The summed E-state index contributed by atoms with van der Waals surface area (Å²) in [4.78, 5) is 22.8. The van der Waals surface area contributed by atoms with E-state index in [4.69, 9.17) is 9.22 Å². The lowest BCUT2D eigenvalue weighted by Gasteiger charge is -2.32. The van der Waals surface area contributed by atoms with E-state index in [1.54, 1.807) is 37.3 Å². The molecule has 0 saturated heterocycles. The molecule has 0 aliphatic heterocycles. The van der Waals surface area contributed by atoms with Crippen molar-refractivity contribution in [2.75, 3.05) is 0 Å². The van der Waals surface area contributed by atoms with Crippen LogP contribution in [0, 0.1) is 5.41 Å². The van der Waals surface area contributed by atoms with Gasteiger partial charge < -0.3 is 5.11 Å². The smallest absolute Gasteiger partial charge is 0.328 e. The first-order chi connectivity index (χ1) is 11.8. The minimum Gasteiger partial charge on any atom is -0.478 e. The minimum atomic E-state index is -2.43. The molecule has 0 atom stereocenters. The minimum absolute atomic E-state index is 0.0615. The fraction of sp³-hybridized carbons (Fsp3) is 0.400. The van der Waals surface area contributed by atoms with Crippen molar-refractivity contribution in [3.05, 3.63) is 58.7 Å². The zero-order valence-corrected chi connectivity index (χ0v) is 14.1. The number of hydrogen-bond donors (Lipinski definition) is 1. The maximum absolute atomic E-state index is 12.2. The third kappa shape index (κ3) is 5.85. The summed E-state index contributed by atoms with van der Waals surface area (Å²) in [6, 6.07) is 0. The Balaban J connectivity index is 3.15. The van der Waals surface area contributed by atoms with Crippen LogP contribution in [0.3, 0.4) is 0 Å². The molecule has 124 valence electrons. The predicted molar refractivity (Wildman–Crippen MR) is 94.2 cm³/mol. The van der Waals surface area contributed by atoms with E-state index < -0.39 is 12.8 Å². The molecule has 1 aliphatic carbocycles. The van der Waals surface area contributed by atoms with E-state index in [2.05, 4.69) is 0 Å². The number of ketones is 1. The standard InChI is InChI=1S/C20H26O3/c1-14(7-6-8-15(2)13-19(22)23)9-10-17-16(3)18(21)11-12-20(17,4)5/h6-10,13H,11-12H2,1-5H3,(H,22,23)/b8-6+,10-9+,14-7-,15-13+/i3D3. The van der Waals surface area contributed by atoms with Gasteiger partial charge >= 0.3 is 5.97 Å². The van der Waals surface area contributed by atoms with Crippen LogP contribution in [0.15, 0.2) is 58.7 Å². The molecule has 1 aliphatic rings. The first kappa shape index (κ1) is 14.4. The summed E-state index contributed by atoms with van der Waals surface area (Å²) in [5, 5.41) is 8.67. The van der Waals surface area contributed by atoms with Crippen molar-refractivity contribution in [1.29, 1.82) is 0 Å². The lowest BCUT2D eigenvalue weighted by atomic mass is 9.72. The highest BCUT2D eigenvalue weighted by Gasteiger charge is 2.30. The van der Waals surface area contributed by atoms with Crippen LogP contribution >= 0.6 is 0 Å². The van der Waals surface area contributed by atoms with Crippen LogP contribution in [0.4, 0.5) is 0 Å². The number of carboxylic acids is 1. The molecule has 0 aromatic rings. The molecule has 0 saturated carbocycles. The summed E-state index contributed by atoms with van der Waals surface area (Å²) in [6.45, 7) is 5.01. The highest BCUT2D eigenvalue weighted by molar-refractivity contribution is 5.97. The Labute approximate surface area is 143 Å². The van der Waals surface area contributed by atoms with E-state index in [0.29, 0.717) is 17.6 Å². The fourth-order valence-corrected chi connectivity index (χ4v) is 2.35. The number of Topliss-reactive ketones (excluding diaryl/α,β-unsaturated/α-hetero) is 1. The summed E-state index contributed by atoms with van der Waals surface area (Å²) < 4.78 is 23.1. The molecule has 0 radical (unpaired) electrons. The SMILES string of the molecule is [2H]C([2H])([2H])C1=C(/C=C/C(C)=C\C=C\C(C)=C\C(=O)O)C(C)(C)CCC1=O. The van der Waals surface area contributed by atoms with Crippen LogP contribution in [0.5, 0.6) is 0 Å². The molecular weight excluding hydrogens is 288 g/mol. The van der Waals surface area contributed by atoms with Gasteiger partial charge in [-0.15, -0.1) is 0 Å².